The van der Waals surface area contributed by atoms with Crippen molar-refractivity contribution in [1.29, 1.82) is 0 Å². The Morgan fingerprint density at radius 3 is 2.44 bits per heavy atom. The van der Waals surface area contributed by atoms with Gasteiger partial charge in [-0.2, -0.15) is 4.98 Å². The lowest BCUT2D eigenvalue weighted by Gasteiger charge is -2.19. The first-order chi connectivity index (χ1) is 15.5. The van der Waals surface area contributed by atoms with Crippen molar-refractivity contribution in [1.82, 2.24) is 9.97 Å². The summed E-state index contributed by atoms with van der Waals surface area (Å²) >= 11 is 0. The minimum atomic E-state index is 0.0189. The van der Waals surface area contributed by atoms with Gasteiger partial charge in [0.15, 0.2) is 11.5 Å². The van der Waals surface area contributed by atoms with Crippen LogP contribution in [0.4, 0.5) is 28.8 Å². The molecule has 0 saturated heterocycles. The van der Waals surface area contributed by atoms with Crippen LogP contribution in [0.1, 0.15) is 12.5 Å². The van der Waals surface area contributed by atoms with Crippen molar-refractivity contribution in [3.8, 4) is 17.2 Å². The van der Waals surface area contributed by atoms with E-state index in [2.05, 4.69) is 20.6 Å². The van der Waals surface area contributed by atoms with Crippen molar-refractivity contribution in [2.24, 2.45) is 0 Å². The maximum absolute atomic E-state index is 12.1. The number of nitrogens with one attached hydrogen (secondary N) is 2. The molecule has 0 atom stereocenters. The molecule has 2 heterocycles. The molecule has 0 aliphatic carbocycles. The number of fused-ring (bicyclic) bond motifs is 1. The molecule has 0 spiro atoms. The average molecular weight is 435 g/mol. The van der Waals surface area contributed by atoms with E-state index in [0.29, 0.717) is 41.2 Å². The van der Waals surface area contributed by atoms with Crippen LogP contribution < -0.4 is 29.7 Å². The number of carbonyl (C=O) groups is 1. The molecule has 3 aromatic rings. The molecule has 0 unspecified atom stereocenters. The second kappa shape index (κ2) is 9.01. The van der Waals surface area contributed by atoms with Crippen LogP contribution in [-0.2, 0) is 11.2 Å². The fourth-order valence-electron chi connectivity index (χ4n) is 3.78. The molecule has 9 heteroatoms. The normalized spacial score (nSPS) is 12.2. The van der Waals surface area contributed by atoms with Crippen LogP contribution in [-0.4, -0.2) is 43.7 Å². The van der Waals surface area contributed by atoms with Gasteiger partial charge in [0.1, 0.15) is 5.82 Å². The number of aromatic nitrogens is 2. The highest BCUT2D eigenvalue weighted by Crippen LogP contribution is 2.40. The average Bonchev–Trinajstić information content (AvgIpc) is 3.24. The van der Waals surface area contributed by atoms with Gasteiger partial charge in [-0.1, -0.05) is 12.1 Å². The summed E-state index contributed by atoms with van der Waals surface area (Å²) in [6, 6.07) is 11.3. The number of hydrogen-bond donors (Lipinski definition) is 2. The number of benzene rings is 2. The van der Waals surface area contributed by atoms with Crippen LogP contribution >= 0.6 is 0 Å². The number of para-hydroxylation sites is 1. The Bertz CT molecular complexity index is 1130. The van der Waals surface area contributed by atoms with Crippen molar-refractivity contribution in [3.63, 3.8) is 0 Å². The molecule has 2 N–H and O–H groups in total. The number of methoxy groups -OCH3 is 3. The highest BCUT2D eigenvalue weighted by Gasteiger charge is 2.25. The van der Waals surface area contributed by atoms with Crippen LogP contribution in [0.15, 0.2) is 42.6 Å². The molecule has 1 aromatic heterocycles. The number of rotatable bonds is 7. The number of amides is 1. The molecule has 1 amide bonds. The molecule has 9 nitrogen and oxygen atoms in total. The molecule has 32 heavy (non-hydrogen) atoms. The van der Waals surface area contributed by atoms with Gasteiger partial charge in [0.25, 0.3) is 0 Å². The second-order valence-electron chi connectivity index (χ2n) is 7.16. The van der Waals surface area contributed by atoms with Crippen LogP contribution in [0.5, 0.6) is 17.2 Å². The Labute approximate surface area is 186 Å². The lowest BCUT2D eigenvalue weighted by molar-refractivity contribution is -0.116. The molecule has 0 saturated carbocycles. The van der Waals surface area contributed by atoms with E-state index in [1.807, 2.05) is 18.2 Å². The third-order valence-electron chi connectivity index (χ3n) is 5.21. The van der Waals surface area contributed by atoms with Crippen LogP contribution in [0, 0.1) is 0 Å². The Balaban J connectivity index is 1.60. The van der Waals surface area contributed by atoms with E-state index in [1.165, 1.54) is 0 Å². The van der Waals surface area contributed by atoms with Gasteiger partial charge in [-0.3, -0.25) is 4.79 Å². The summed E-state index contributed by atoms with van der Waals surface area (Å²) in [5, 5.41) is 6.49. The molecule has 1 aliphatic heterocycles. The molecule has 0 fully saturated rings. The number of hydrogen-bond acceptors (Lipinski definition) is 8. The molecule has 166 valence electrons. The highest BCUT2D eigenvalue weighted by atomic mass is 16.5. The first-order valence-electron chi connectivity index (χ1n) is 10.1. The third-order valence-corrected chi connectivity index (χ3v) is 5.21. The van der Waals surface area contributed by atoms with E-state index in [0.717, 1.165) is 23.4 Å². The quantitative estimate of drug-likeness (QED) is 0.577. The molecule has 4 rings (SSSR count). The topological polar surface area (TPSA) is 97.8 Å². The fourth-order valence-corrected chi connectivity index (χ4v) is 3.78. The summed E-state index contributed by atoms with van der Waals surface area (Å²) in [6.45, 7) is 2.26. The van der Waals surface area contributed by atoms with Gasteiger partial charge < -0.3 is 29.7 Å². The van der Waals surface area contributed by atoms with Crippen molar-refractivity contribution < 1.29 is 19.0 Å². The first-order valence-corrected chi connectivity index (χ1v) is 10.1. The summed E-state index contributed by atoms with van der Waals surface area (Å²) < 4.78 is 16.2. The lowest BCUT2D eigenvalue weighted by Crippen LogP contribution is -2.26. The van der Waals surface area contributed by atoms with Crippen molar-refractivity contribution >= 4 is 34.7 Å². The number of nitrogens with zero attached hydrogens (tertiary/aromatic N) is 3. The summed E-state index contributed by atoms with van der Waals surface area (Å²) in [7, 11) is 4.68. The maximum atomic E-state index is 12.1. The van der Waals surface area contributed by atoms with Crippen LogP contribution in [0.25, 0.3) is 0 Å². The second-order valence-corrected chi connectivity index (χ2v) is 7.16. The van der Waals surface area contributed by atoms with E-state index in [1.54, 1.807) is 57.5 Å². The molecule has 0 radical (unpaired) electrons. The maximum Gasteiger partial charge on any atom is 0.229 e. The Hall–Kier alpha value is -4.01. The predicted molar refractivity (Wildman–Crippen MR) is 123 cm³/mol. The zero-order valence-corrected chi connectivity index (χ0v) is 18.4. The molecule has 0 bridgehead atoms. The minimum Gasteiger partial charge on any atom is -0.493 e. The van der Waals surface area contributed by atoms with E-state index < -0.39 is 0 Å². The van der Waals surface area contributed by atoms with Gasteiger partial charge in [0.2, 0.25) is 17.6 Å². The summed E-state index contributed by atoms with van der Waals surface area (Å²) in [5.41, 5.74) is 3.54. The predicted octanol–water partition coefficient (Wildman–Crippen LogP) is 3.90. The van der Waals surface area contributed by atoms with Crippen molar-refractivity contribution in [2.75, 3.05) is 43.4 Å². The summed E-state index contributed by atoms with van der Waals surface area (Å²) in [5.74, 6) is 2.55. The smallest absolute Gasteiger partial charge is 0.229 e. The standard InChI is InChI=1S/C23H25N5O4/c1-14(29)28-11-9-15-6-5-7-17(21(15)28)26-20-8-10-24-23(27-20)25-16-12-18(30-2)22(32-4)19(13-16)31-3/h5-8,10,12-13H,9,11H2,1-4H3,(H2,24,25,26,27). The minimum absolute atomic E-state index is 0.0189. The first kappa shape index (κ1) is 21.2. The van der Waals surface area contributed by atoms with Gasteiger partial charge in [-0.25, -0.2) is 4.98 Å². The third kappa shape index (κ3) is 4.09. The zero-order chi connectivity index (χ0) is 22.7. The lowest BCUT2D eigenvalue weighted by atomic mass is 10.1. The highest BCUT2D eigenvalue weighted by molar-refractivity contribution is 5.98. The SMILES string of the molecule is COc1cc(Nc2nccc(Nc3cccc4c3N(C(C)=O)CC4)n2)cc(OC)c1OC. The summed E-state index contributed by atoms with van der Waals surface area (Å²) in [6.07, 6.45) is 2.49. The molecular weight excluding hydrogens is 410 g/mol. The van der Waals surface area contributed by atoms with E-state index >= 15 is 0 Å². The van der Waals surface area contributed by atoms with E-state index in [4.69, 9.17) is 14.2 Å². The molecular formula is C23H25N5O4. The Kier molecular flexibility index (Phi) is 5.98. The van der Waals surface area contributed by atoms with Crippen LogP contribution in [0.3, 0.4) is 0 Å². The van der Waals surface area contributed by atoms with E-state index in [9.17, 15) is 4.79 Å². The number of anilines is 5. The van der Waals surface area contributed by atoms with Gasteiger partial charge >= 0.3 is 0 Å². The van der Waals surface area contributed by atoms with Gasteiger partial charge in [0, 0.05) is 37.5 Å². The van der Waals surface area contributed by atoms with Gasteiger partial charge in [0.05, 0.1) is 32.7 Å². The molecule has 1 aliphatic rings. The van der Waals surface area contributed by atoms with Gasteiger partial charge in [-0.05, 0) is 24.1 Å². The Morgan fingerprint density at radius 2 is 1.78 bits per heavy atom. The Morgan fingerprint density at radius 1 is 1.03 bits per heavy atom. The largest absolute Gasteiger partial charge is 0.493 e. The van der Waals surface area contributed by atoms with E-state index in [-0.39, 0.29) is 5.91 Å². The fraction of sp³-hybridized carbons (Fsp3) is 0.261. The summed E-state index contributed by atoms with van der Waals surface area (Å²) in [4.78, 5) is 22.7. The number of ether oxygens (including phenoxy) is 3. The van der Waals surface area contributed by atoms with Crippen molar-refractivity contribution in [3.05, 3.63) is 48.2 Å². The van der Waals surface area contributed by atoms with Gasteiger partial charge in [-0.15, -0.1) is 0 Å². The van der Waals surface area contributed by atoms with Crippen LogP contribution in [0.2, 0.25) is 0 Å². The number of carbonyl (C=O) groups excluding carboxylic acids is 1. The zero-order valence-electron chi connectivity index (χ0n) is 18.4. The molecule has 2 aromatic carbocycles. The monoisotopic (exact) mass is 435 g/mol. The van der Waals surface area contributed by atoms with Crippen molar-refractivity contribution in [2.45, 2.75) is 13.3 Å².